The van der Waals surface area contributed by atoms with Crippen LogP contribution in [0, 0.1) is 5.41 Å². The molecule has 0 bridgehead atoms. The largest absolute Gasteiger partial charge is 0.481 e. The zero-order valence-corrected chi connectivity index (χ0v) is 9.03. The first-order valence-corrected chi connectivity index (χ1v) is 4.96. The van der Waals surface area contributed by atoms with Crippen molar-refractivity contribution in [1.29, 1.82) is 5.41 Å². The van der Waals surface area contributed by atoms with Crippen LogP contribution >= 0.6 is 0 Å². The molecule has 4 nitrogen and oxygen atoms in total. The van der Waals surface area contributed by atoms with E-state index in [1.165, 1.54) is 0 Å². The number of nitrogens with zero attached hydrogens (tertiary/aromatic N) is 1. The molecule has 0 saturated carbocycles. The van der Waals surface area contributed by atoms with E-state index < -0.39 is 0 Å². The summed E-state index contributed by atoms with van der Waals surface area (Å²) in [5, 5.41) is 8.33. The molecule has 0 radical (unpaired) electrons. The third-order valence-electron chi connectivity index (χ3n) is 2.34. The zero-order valence-electron chi connectivity index (χ0n) is 9.03. The number of para-hydroxylation sites is 1. The number of hydrogen-bond acceptors (Lipinski definition) is 3. The molecule has 0 spiro atoms. The highest BCUT2D eigenvalue weighted by Gasteiger charge is 2.07. The molecule has 0 amide bonds. The maximum atomic E-state index is 7.31. The lowest BCUT2D eigenvalue weighted by atomic mass is 10.1. The lowest BCUT2D eigenvalue weighted by molar-refractivity contribution is 0.395. The van der Waals surface area contributed by atoms with Gasteiger partial charge in [0, 0.05) is 17.4 Å². The van der Waals surface area contributed by atoms with Crippen LogP contribution in [0.3, 0.4) is 0 Å². The van der Waals surface area contributed by atoms with Crippen LogP contribution in [-0.4, -0.2) is 17.9 Å². The molecule has 0 atom stereocenters. The molecule has 1 heterocycles. The third kappa shape index (κ3) is 1.95. The van der Waals surface area contributed by atoms with E-state index in [1.807, 2.05) is 30.3 Å². The second kappa shape index (κ2) is 4.18. The van der Waals surface area contributed by atoms with E-state index in [0.717, 1.165) is 16.5 Å². The molecule has 2 aromatic rings. The van der Waals surface area contributed by atoms with E-state index in [4.69, 9.17) is 15.9 Å². The third-order valence-corrected chi connectivity index (χ3v) is 2.34. The summed E-state index contributed by atoms with van der Waals surface area (Å²) in [6.45, 7) is 0. The highest BCUT2D eigenvalue weighted by molar-refractivity contribution is 5.84. The average molecular weight is 215 g/mol. The number of amidine groups is 1. The maximum Gasteiger partial charge on any atom is 0.217 e. The first-order chi connectivity index (χ1) is 7.70. The van der Waals surface area contributed by atoms with Crippen molar-refractivity contribution in [1.82, 2.24) is 4.98 Å². The Morgan fingerprint density at radius 1 is 1.44 bits per heavy atom. The Hall–Kier alpha value is -2.10. The van der Waals surface area contributed by atoms with Gasteiger partial charge in [0.1, 0.15) is 0 Å². The summed E-state index contributed by atoms with van der Waals surface area (Å²) in [6.07, 6.45) is 0.362. The van der Waals surface area contributed by atoms with E-state index >= 15 is 0 Å². The Balaban J connectivity index is 2.58. The molecular formula is C12H13N3O. The van der Waals surface area contributed by atoms with Gasteiger partial charge in [-0.25, -0.2) is 4.98 Å². The van der Waals surface area contributed by atoms with Crippen LogP contribution in [0.15, 0.2) is 30.3 Å². The van der Waals surface area contributed by atoms with Crippen molar-refractivity contribution in [2.24, 2.45) is 5.73 Å². The molecule has 4 heteroatoms. The van der Waals surface area contributed by atoms with Gasteiger partial charge >= 0.3 is 0 Å². The van der Waals surface area contributed by atoms with Crippen molar-refractivity contribution < 1.29 is 4.74 Å². The van der Waals surface area contributed by atoms with Gasteiger partial charge in [-0.05, 0) is 12.1 Å². The van der Waals surface area contributed by atoms with Gasteiger partial charge in [-0.2, -0.15) is 0 Å². The van der Waals surface area contributed by atoms with Crippen molar-refractivity contribution in [2.45, 2.75) is 6.42 Å². The molecule has 0 aliphatic heterocycles. The van der Waals surface area contributed by atoms with E-state index in [-0.39, 0.29) is 5.84 Å². The van der Waals surface area contributed by atoms with Crippen molar-refractivity contribution in [3.8, 4) is 5.88 Å². The first kappa shape index (κ1) is 10.4. The minimum atomic E-state index is 0.107. The summed E-state index contributed by atoms with van der Waals surface area (Å²) in [7, 11) is 1.57. The van der Waals surface area contributed by atoms with Crippen LogP contribution in [0.2, 0.25) is 0 Å². The molecule has 0 unspecified atom stereocenters. The number of methoxy groups -OCH3 is 1. The normalized spacial score (nSPS) is 10.3. The smallest absolute Gasteiger partial charge is 0.217 e. The van der Waals surface area contributed by atoms with Gasteiger partial charge in [0.2, 0.25) is 5.88 Å². The number of nitrogens with two attached hydrogens (primary N) is 1. The van der Waals surface area contributed by atoms with Gasteiger partial charge in [0.25, 0.3) is 0 Å². The standard InChI is InChI=1S/C12H13N3O/c1-16-12-9(7-11(13)14)6-8-4-2-3-5-10(8)15-12/h2-6H,7H2,1H3,(H3,13,14). The topological polar surface area (TPSA) is 72.0 Å². The summed E-state index contributed by atoms with van der Waals surface area (Å²) < 4.78 is 5.19. The molecule has 0 aliphatic rings. The van der Waals surface area contributed by atoms with Gasteiger partial charge in [-0.3, -0.25) is 5.41 Å². The fourth-order valence-corrected chi connectivity index (χ4v) is 1.65. The predicted octanol–water partition coefficient (Wildman–Crippen LogP) is 1.72. The minimum Gasteiger partial charge on any atom is -0.481 e. The number of benzene rings is 1. The Kier molecular flexibility index (Phi) is 2.72. The van der Waals surface area contributed by atoms with Gasteiger partial charge in [-0.15, -0.1) is 0 Å². The van der Waals surface area contributed by atoms with Crippen LogP contribution in [0.1, 0.15) is 5.56 Å². The van der Waals surface area contributed by atoms with Crippen molar-refractivity contribution in [3.05, 3.63) is 35.9 Å². The van der Waals surface area contributed by atoms with Gasteiger partial charge < -0.3 is 10.5 Å². The molecule has 1 aromatic heterocycles. The second-order valence-electron chi connectivity index (χ2n) is 3.55. The van der Waals surface area contributed by atoms with E-state index in [1.54, 1.807) is 7.11 Å². The first-order valence-electron chi connectivity index (χ1n) is 4.96. The number of fused-ring (bicyclic) bond motifs is 1. The lowest BCUT2D eigenvalue weighted by Crippen LogP contribution is -2.13. The number of hydrogen-bond donors (Lipinski definition) is 2. The fourth-order valence-electron chi connectivity index (χ4n) is 1.65. The average Bonchev–Trinajstić information content (AvgIpc) is 2.27. The molecule has 0 fully saturated rings. The number of aromatic nitrogens is 1. The quantitative estimate of drug-likeness (QED) is 0.605. The van der Waals surface area contributed by atoms with Gasteiger partial charge in [0.05, 0.1) is 18.5 Å². The van der Waals surface area contributed by atoms with E-state index in [2.05, 4.69) is 4.98 Å². The monoisotopic (exact) mass is 215 g/mol. The van der Waals surface area contributed by atoms with Crippen molar-refractivity contribution in [3.63, 3.8) is 0 Å². The number of ether oxygens (including phenoxy) is 1. The zero-order chi connectivity index (χ0) is 11.5. The Bertz CT molecular complexity index is 537. The van der Waals surface area contributed by atoms with E-state index in [9.17, 15) is 0 Å². The minimum absolute atomic E-state index is 0.107. The van der Waals surface area contributed by atoms with Gasteiger partial charge in [0.15, 0.2) is 0 Å². The lowest BCUT2D eigenvalue weighted by Gasteiger charge is -2.08. The molecule has 1 aromatic carbocycles. The molecule has 0 saturated heterocycles. The number of pyridine rings is 1. The summed E-state index contributed by atoms with van der Waals surface area (Å²) in [6, 6.07) is 9.75. The Morgan fingerprint density at radius 3 is 2.88 bits per heavy atom. The Labute approximate surface area is 93.6 Å². The maximum absolute atomic E-state index is 7.31. The molecule has 3 N–H and O–H groups in total. The van der Waals surface area contributed by atoms with Crippen LogP contribution in [-0.2, 0) is 6.42 Å². The van der Waals surface area contributed by atoms with Crippen LogP contribution in [0.4, 0.5) is 0 Å². The van der Waals surface area contributed by atoms with Crippen molar-refractivity contribution in [2.75, 3.05) is 7.11 Å². The molecule has 16 heavy (non-hydrogen) atoms. The van der Waals surface area contributed by atoms with Crippen molar-refractivity contribution >= 4 is 16.7 Å². The highest BCUT2D eigenvalue weighted by atomic mass is 16.5. The van der Waals surface area contributed by atoms with Crippen LogP contribution in [0.5, 0.6) is 5.88 Å². The highest BCUT2D eigenvalue weighted by Crippen LogP contribution is 2.22. The summed E-state index contributed by atoms with van der Waals surface area (Å²) in [4.78, 5) is 4.37. The fraction of sp³-hybridized carbons (Fsp3) is 0.167. The van der Waals surface area contributed by atoms with Crippen LogP contribution < -0.4 is 10.5 Å². The summed E-state index contributed by atoms with van der Waals surface area (Å²) in [5.41, 5.74) is 7.11. The summed E-state index contributed by atoms with van der Waals surface area (Å²) in [5.74, 6) is 0.643. The predicted molar refractivity (Wildman–Crippen MR) is 63.9 cm³/mol. The van der Waals surface area contributed by atoms with E-state index in [0.29, 0.717) is 12.3 Å². The molecular weight excluding hydrogens is 202 g/mol. The molecule has 0 aliphatic carbocycles. The second-order valence-corrected chi connectivity index (χ2v) is 3.55. The number of rotatable bonds is 3. The SMILES string of the molecule is COc1nc2ccccc2cc1CC(=N)N. The molecule has 2 rings (SSSR count). The van der Waals surface area contributed by atoms with Crippen LogP contribution in [0.25, 0.3) is 10.9 Å². The summed E-state index contributed by atoms with van der Waals surface area (Å²) >= 11 is 0. The Morgan fingerprint density at radius 2 is 2.19 bits per heavy atom. The molecule has 82 valence electrons. The number of nitrogens with one attached hydrogen (secondary N) is 1. The van der Waals surface area contributed by atoms with Gasteiger partial charge in [-0.1, -0.05) is 18.2 Å².